The van der Waals surface area contributed by atoms with Gasteiger partial charge in [0.25, 0.3) is 0 Å². The quantitative estimate of drug-likeness (QED) is 0.293. The van der Waals surface area contributed by atoms with E-state index in [-0.39, 0.29) is 1.43 Å². The lowest BCUT2D eigenvalue weighted by atomic mass is 10.00. The van der Waals surface area contributed by atoms with E-state index in [1.807, 2.05) is 0 Å². The van der Waals surface area contributed by atoms with Gasteiger partial charge in [-0.2, -0.15) is 0 Å². The van der Waals surface area contributed by atoms with Crippen LogP contribution in [0, 0.1) is 0 Å². The lowest BCUT2D eigenvalue weighted by Crippen LogP contribution is -2.58. The van der Waals surface area contributed by atoms with Crippen molar-refractivity contribution >= 4 is 0 Å². The first kappa shape index (κ1) is 9.85. The molecular formula is C6H13O6+. The molecule has 0 bridgehead atoms. The van der Waals surface area contributed by atoms with Crippen LogP contribution in [-0.4, -0.2) is 62.8 Å². The van der Waals surface area contributed by atoms with Gasteiger partial charge in [0, 0.05) is 0 Å². The third kappa shape index (κ3) is 1.58. The lowest BCUT2D eigenvalue weighted by molar-refractivity contribution is -0.286. The van der Waals surface area contributed by atoms with Crippen LogP contribution in [0.1, 0.15) is 1.43 Å². The molecule has 1 rings (SSSR count). The van der Waals surface area contributed by atoms with Crippen molar-refractivity contribution in [2.24, 2.45) is 0 Å². The van der Waals surface area contributed by atoms with Gasteiger partial charge >= 0.3 is 1.43 Å². The number of rotatable bonds is 1. The molecule has 5 atom stereocenters. The summed E-state index contributed by atoms with van der Waals surface area (Å²) in [6.07, 6.45) is -7.04. The maximum Gasteiger partial charge on any atom is 1.00 e. The molecule has 0 spiro atoms. The molecule has 12 heavy (non-hydrogen) atoms. The minimum Gasteiger partial charge on any atom is -0.394 e. The summed E-state index contributed by atoms with van der Waals surface area (Å²) in [7, 11) is 0. The Balaban J connectivity index is 0.00000144. The second-order valence-electron chi connectivity index (χ2n) is 2.72. The summed E-state index contributed by atoms with van der Waals surface area (Å²) in [6, 6.07) is 0. The Kier molecular flexibility index (Phi) is 2.99. The van der Waals surface area contributed by atoms with Crippen LogP contribution in [-0.2, 0) is 4.74 Å². The van der Waals surface area contributed by atoms with E-state index in [0.717, 1.165) is 0 Å². The molecule has 0 saturated carbocycles. The SMILES string of the molecule is OC[C@H]1O[C@H](O)[C@@H](O)[C@@H](O)[C@@H]1O.[H+]. The number of hydrogen-bond donors (Lipinski definition) is 5. The molecule has 6 heteroatoms. The van der Waals surface area contributed by atoms with Gasteiger partial charge in [0.2, 0.25) is 0 Å². The molecule has 6 nitrogen and oxygen atoms in total. The molecule has 0 aromatic carbocycles. The molecule has 0 amide bonds. The number of aliphatic hydroxyl groups excluding tert-OH is 5. The van der Waals surface area contributed by atoms with E-state index in [1.54, 1.807) is 0 Å². The topological polar surface area (TPSA) is 110 Å². The molecule has 0 aliphatic carbocycles. The first-order valence-electron chi connectivity index (χ1n) is 3.56. The van der Waals surface area contributed by atoms with E-state index in [0.29, 0.717) is 0 Å². The highest BCUT2D eigenvalue weighted by atomic mass is 16.6. The zero-order valence-electron chi connectivity index (χ0n) is 7.24. The van der Waals surface area contributed by atoms with Gasteiger partial charge in [-0.1, -0.05) is 0 Å². The molecule has 72 valence electrons. The van der Waals surface area contributed by atoms with E-state index in [9.17, 15) is 0 Å². The van der Waals surface area contributed by atoms with E-state index in [2.05, 4.69) is 4.74 Å². The monoisotopic (exact) mass is 181 g/mol. The Morgan fingerprint density at radius 3 is 2.08 bits per heavy atom. The highest BCUT2D eigenvalue weighted by Gasteiger charge is 2.42. The van der Waals surface area contributed by atoms with E-state index < -0.39 is 37.3 Å². The van der Waals surface area contributed by atoms with Gasteiger partial charge in [-0.05, 0) is 0 Å². The first-order chi connectivity index (χ1) is 5.57. The largest absolute Gasteiger partial charge is 1.00 e. The van der Waals surface area contributed by atoms with Crippen LogP contribution in [0.2, 0.25) is 0 Å². The molecule has 5 N–H and O–H groups in total. The van der Waals surface area contributed by atoms with Gasteiger partial charge in [0.15, 0.2) is 6.29 Å². The first-order valence-corrected chi connectivity index (χ1v) is 3.56. The van der Waals surface area contributed by atoms with Crippen molar-refractivity contribution in [1.29, 1.82) is 0 Å². The van der Waals surface area contributed by atoms with Gasteiger partial charge < -0.3 is 30.3 Å². The standard InChI is InChI=1S/C6H12O6/c7-1-2-3(8)4(9)5(10)6(11)12-2/h2-11H,1H2/p+1/t2-,3-,4+,5+,6+/m1/s1. The number of hydrogen-bond acceptors (Lipinski definition) is 6. The highest BCUT2D eigenvalue weighted by molar-refractivity contribution is 4.87. The molecular weight excluding hydrogens is 168 g/mol. The molecule has 1 aliphatic rings. The summed E-state index contributed by atoms with van der Waals surface area (Å²) in [6.45, 7) is -0.526. The maximum absolute atomic E-state index is 9.12. The van der Waals surface area contributed by atoms with Gasteiger partial charge in [-0.25, -0.2) is 0 Å². The highest BCUT2D eigenvalue weighted by Crippen LogP contribution is 2.18. The van der Waals surface area contributed by atoms with Crippen LogP contribution in [0.25, 0.3) is 0 Å². The van der Waals surface area contributed by atoms with Crippen LogP contribution < -0.4 is 0 Å². The predicted octanol–water partition coefficient (Wildman–Crippen LogP) is -3.11. The lowest BCUT2D eigenvalue weighted by Gasteiger charge is -2.37. The molecule has 1 aliphatic heterocycles. The molecule has 1 heterocycles. The van der Waals surface area contributed by atoms with Gasteiger partial charge in [-0.15, -0.1) is 0 Å². The van der Waals surface area contributed by atoms with Crippen molar-refractivity contribution in [2.75, 3.05) is 6.61 Å². The Hall–Kier alpha value is -0.240. The van der Waals surface area contributed by atoms with Crippen molar-refractivity contribution in [3.63, 3.8) is 0 Å². The van der Waals surface area contributed by atoms with Crippen LogP contribution in [0.15, 0.2) is 0 Å². The fraction of sp³-hybridized carbons (Fsp3) is 1.00. The van der Waals surface area contributed by atoms with Crippen LogP contribution in [0.5, 0.6) is 0 Å². The molecule has 0 aromatic heterocycles. The van der Waals surface area contributed by atoms with Crippen molar-refractivity contribution in [1.82, 2.24) is 0 Å². The fourth-order valence-corrected chi connectivity index (χ4v) is 1.08. The Morgan fingerprint density at radius 1 is 1.00 bits per heavy atom. The minimum absolute atomic E-state index is 0. The summed E-state index contributed by atoms with van der Waals surface area (Å²) in [5.41, 5.74) is 0. The van der Waals surface area contributed by atoms with Gasteiger partial charge in [0.05, 0.1) is 6.61 Å². The minimum atomic E-state index is -1.57. The van der Waals surface area contributed by atoms with Crippen molar-refractivity contribution in [2.45, 2.75) is 30.7 Å². The van der Waals surface area contributed by atoms with Crippen LogP contribution >= 0.6 is 0 Å². The fourth-order valence-electron chi connectivity index (χ4n) is 1.08. The maximum atomic E-state index is 9.12. The molecule has 1 saturated heterocycles. The number of ether oxygens (including phenoxy) is 1. The smallest absolute Gasteiger partial charge is 0.394 e. The van der Waals surface area contributed by atoms with Crippen molar-refractivity contribution in [3.8, 4) is 0 Å². The third-order valence-corrected chi connectivity index (χ3v) is 1.87. The van der Waals surface area contributed by atoms with Crippen molar-refractivity contribution in [3.05, 3.63) is 0 Å². The number of aliphatic hydroxyl groups is 5. The molecule has 1 fully saturated rings. The summed E-state index contributed by atoms with van der Waals surface area (Å²) < 4.78 is 4.58. The summed E-state index contributed by atoms with van der Waals surface area (Å²) in [5, 5.41) is 44.7. The Labute approximate surface area is 70.1 Å². The normalized spacial score (nSPS) is 49.2. The zero-order valence-corrected chi connectivity index (χ0v) is 6.24. The zero-order chi connectivity index (χ0) is 9.30. The predicted molar refractivity (Wildman–Crippen MR) is 37.1 cm³/mol. The van der Waals surface area contributed by atoms with Crippen molar-refractivity contribution < 1.29 is 31.7 Å². The van der Waals surface area contributed by atoms with E-state index in [1.165, 1.54) is 0 Å². The molecule has 0 unspecified atom stereocenters. The van der Waals surface area contributed by atoms with Gasteiger partial charge in [-0.3, -0.25) is 0 Å². The molecule has 0 radical (unpaired) electrons. The Morgan fingerprint density at radius 2 is 1.58 bits per heavy atom. The summed E-state index contributed by atoms with van der Waals surface area (Å²) in [4.78, 5) is 0. The average molecular weight is 181 g/mol. The Bertz CT molecular complexity index is 151. The summed E-state index contributed by atoms with van der Waals surface area (Å²) >= 11 is 0. The second-order valence-corrected chi connectivity index (χ2v) is 2.72. The third-order valence-electron chi connectivity index (χ3n) is 1.87. The van der Waals surface area contributed by atoms with Gasteiger partial charge in [0.1, 0.15) is 24.4 Å². The average Bonchev–Trinajstić information content (AvgIpc) is 2.08. The van der Waals surface area contributed by atoms with E-state index >= 15 is 0 Å². The van der Waals surface area contributed by atoms with Crippen LogP contribution in [0.4, 0.5) is 0 Å². The second kappa shape index (κ2) is 3.65. The van der Waals surface area contributed by atoms with Crippen LogP contribution in [0.3, 0.4) is 0 Å². The van der Waals surface area contributed by atoms with E-state index in [4.69, 9.17) is 25.5 Å². The molecule has 0 aromatic rings. The summed E-state index contributed by atoms with van der Waals surface area (Å²) in [5.74, 6) is 0.